The Balaban J connectivity index is 1.55. The predicted molar refractivity (Wildman–Crippen MR) is 132 cm³/mol. The quantitative estimate of drug-likeness (QED) is 0.425. The second kappa shape index (κ2) is 11.5. The first kappa shape index (κ1) is 24.3. The van der Waals surface area contributed by atoms with Gasteiger partial charge < -0.3 is 10.1 Å². The number of aryl methyl sites for hydroxylation is 1. The van der Waals surface area contributed by atoms with E-state index in [9.17, 15) is 13.2 Å². The van der Waals surface area contributed by atoms with Crippen LogP contribution in [-0.2, 0) is 23.0 Å². The minimum absolute atomic E-state index is 0.150. The molecule has 0 saturated carbocycles. The van der Waals surface area contributed by atoms with E-state index in [1.165, 1.54) is 10.6 Å². The Bertz CT molecular complexity index is 1150. The molecule has 0 unspecified atom stereocenters. The van der Waals surface area contributed by atoms with Crippen LogP contribution < -0.4 is 14.4 Å². The molecule has 1 amide bonds. The standard InChI is InChI=1S/C26H30N2O4S/c1-3-32-25-14-8-7-10-22(25)11-9-19-27-26(29)23-17-15-21(16-18-23)20-28(33(2,30)31)24-12-5-4-6-13-24/h4-8,10,12-18H,3,9,11,19-20H2,1-2H3,(H,27,29). The van der Waals surface area contributed by atoms with Crippen LogP contribution in [0.4, 0.5) is 5.69 Å². The molecule has 0 aliphatic rings. The highest BCUT2D eigenvalue weighted by Gasteiger charge is 2.17. The normalized spacial score (nSPS) is 11.1. The Morgan fingerprint density at radius 1 is 0.939 bits per heavy atom. The van der Waals surface area contributed by atoms with Gasteiger partial charge in [-0.1, -0.05) is 48.5 Å². The highest BCUT2D eigenvalue weighted by Crippen LogP contribution is 2.21. The van der Waals surface area contributed by atoms with Crippen LogP contribution in [-0.4, -0.2) is 33.7 Å². The Morgan fingerprint density at radius 2 is 1.61 bits per heavy atom. The number of para-hydroxylation sites is 2. The third kappa shape index (κ3) is 7.08. The summed E-state index contributed by atoms with van der Waals surface area (Å²) in [6.45, 7) is 3.33. The summed E-state index contributed by atoms with van der Waals surface area (Å²) < 4.78 is 31.5. The molecule has 3 aromatic carbocycles. The Hall–Kier alpha value is -3.32. The molecule has 0 bridgehead atoms. The number of carbonyl (C=O) groups excluding carboxylic acids is 1. The van der Waals surface area contributed by atoms with Crippen molar-refractivity contribution >= 4 is 21.6 Å². The van der Waals surface area contributed by atoms with Crippen molar-refractivity contribution in [3.8, 4) is 5.75 Å². The zero-order chi connectivity index (χ0) is 23.7. The van der Waals surface area contributed by atoms with Crippen molar-refractivity contribution in [3.05, 3.63) is 95.6 Å². The summed E-state index contributed by atoms with van der Waals surface area (Å²) in [6.07, 6.45) is 2.80. The molecule has 0 fully saturated rings. The van der Waals surface area contributed by atoms with Gasteiger partial charge in [-0.25, -0.2) is 8.42 Å². The predicted octanol–water partition coefficient (Wildman–Crippen LogP) is 4.41. The fraction of sp³-hybridized carbons (Fsp3) is 0.269. The molecule has 0 aliphatic carbocycles. The molecule has 0 heterocycles. The minimum atomic E-state index is -3.44. The van der Waals surface area contributed by atoms with Crippen LogP contribution in [0.25, 0.3) is 0 Å². The maximum absolute atomic E-state index is 12.5. The van der Waals surface area contributed by atoms with E-state index in [2.05, 4.69) is 5.32 Å². The lowest BCUT2D eigenvalue weighted by molar-refractivity contribution is 0.0953. The molecule has 1 N–H and O–H groups in total. The van der Waals surface area contributed by atoms with Crippen molar-refractivity contribution in [1.82, 2.24) is 5.32 Å². The van der Waals surface area contributed by atoms with Gasteiger partial charge in [-0.15, -0.1) is 0 Å². The van der Waals surface area contributed by atoms with Crippen molar-refractivity contribution in [1.29, 1.82) is 0 Å². The van der Waals surface area contributed by atoms with E-state index < -0.39 is 10.0 Å². The van der Waals surface area contributed by atoms with Crippen molar-refractivity contribution in [2.24, 2.45) is 0 Å². The van der Waals surface area contributed by atoms with Gasteiger partial charge in [-0.2, -0.15) is 0 Å². The summed E-state index contributed by atoms with van der Waals surface area (Å²) in [6, 6.07) is 23.9. The fourth-order valence-electron chi connectivity index (χ4n) is 3.51. The van der Waals surface area contributed by atoms with Gasteiger partial charge in [-0.05, 0) is 61.2 Å². The summed E-state index contributed by atoms with van der Waals surface area (Å²) >= 11 is 0. The molecular weight excluding hydrogens is 436 g/mol. The van der Waals surface area contributed by atoms with Crippen LogP contribution in [0.15, 0.2) is 78.9 Å². The number of carbonyl (C=O) groups is 1. The molecule has 174 valence electrons. The molecular formula is C26H30N2O4S. The summed E-state index contributed by atoms with van der Waals surface area (Å²) in [5.74, 6) is 0.739. The van der Waals surface area contributed by atoms with Gasteiger partial charge in [0.1, 0.15) is 5.75 Å². The number of ether oxygens (including phenoxy) is 1. The number of nitrogens with one attached hydrogen (secondary N) is 1. The van der Waals surface area contributed by atoms with Gasteiger partial charge in [0.25, 0.3) is 5.91 Å². The third-order valence-electron chi connectivity index (χ3n) is 5.17. The highest BCUT2D eigenvalue weighted by atomic mass is 32.2. The second-order valence-electron chi connectivity index (χ2n) is 7.70. The van der Waals surface area contributed by atoms with Crippen LogP contribution in [0.5, 0.6) is 5.75 Å². The number of sulfonamides is 1. The van der Waals surface area contributed by atoms with E-state index >= 15 is 0 Å². The van der Waals surface area contributed by atoms with E-state index in [0.29, 0.717) is 24.4 Å². The lowest BCUT2D eigenvalue weighted by Crippen LogP contribution is -2.29. The zero-order valence-electron chi connectivity index (χ0n) is 19.0. The Morgan fingerprint density at radius 3 is 2.27 bits per heavy atom. The first-order valence-corrected chi connectivity index (χ1v) is 12.8. The molecule has 3 rings (SSSR count). The maximum atomic E-state index is 12.5. The fourth-order valence-corrected chi connectivity index (χ4v) is 4.40. The summed E-state index contributed by atoms with van der Waals surface area (Å²) in [5, 5.41) is 2.94. The monoisotopic (exact) mass is 466 g/mol. The number of amides is 1. The van der Waals surface area contributed by atoms with E-state index in [4.69, 9.17) is 4.74 Å². The SMILES string of the molecule is CCOc1ccccc1CCCNC(=O)c1ccc(CN(c2ccccc2)S(C)(=O)=O)cc1. The van der Waals surface area contributed by atoms with Crippen molar-refractivity contribution < 1.29 is 17.9 Å². The molecule has 0 aliphatic heterocycles. The summed E-state index contributed by atoms with van der Waals surface area (Å²) in [4.78, 5) is 12.5. The lowest BCUT2D eigenvalue weighted by Gasteiger charge is -2.22. The molecule has 33 heavy (non-hydrogen) atoms. The van der Waals surface area contributed by atoms with E-state index in [0.717, 1.165) is 29.7 Å². The molecule has 7 heteroatoms. The molecule has 6 nitrogen and oxygen atoms in total. The number of benzene rings is 3. The third-order valence-corrected chi connectivity index (χ3v) is 6.31. The molecule has 0 saturated heterocycles. The molecule has 0 spiro atoms. The van der Waals surface area contributed by atoms with Crippen molar-refractivity contribution in [2.75, 3.05) is 23.7 Å². The number of hydrogen-bond donors (Lipinski definition) is 1. The van der Waals surface area contributed by atoms with Crippen LogP contribution in [0.3, 0.4) is 0 Å². The molecule has 0 atom stereocenters. The van der Waals surface area contributed by atoms with Crippen LogP contribution in [0.2, 0.25) is 0 Å². The Labute approximate surface area is 196 Å². The van der Waals surface area contributed by atoms with E-state index in [1.54, 1.807) is 48.5 Å². The number of rotatable bonds is 11. The number of nitrogens with zero attached hydrogens (tertiary/aromatic N) is 1. The second-order valence-corrected chi connectivity index (χ2v) is 9.61. The largest absolute Gasteiger partial charge is 0.494 e. The van der Waals surface area contributed by atoms with Gasteiger partial charge in [0.2, 0.25) is 10.0 Å². The van der Waals surface area contributed by atoms with Gasteiger partial charge in [0.05, 0.1) is 25.1 Å². The van der Waals surface area contributed by atoms with Gasteiger partial charge in [0.15, 0.2) is 0 Å². The Kier molecular flexibility index (Phi) is 8.49. The van der Waals surface area contributed by atoms with E-state index in [1.807, 2.05) is 37.3 Å². The number of anilines is 1. The first-order valence-electron chi connectivity index (χ1n) is 11.0. The van der Waals surface area contributed by atoms with Crippen LogP contribution >= 0.6 is 0 Å². The minimum Gasteiger partial charge on any atom is -0.494 e. The van der Waals surface area contributed by atoms with Crippen molar-refractivity contribution in [2.45, 2.75) is 26.3 Å². The smallest absolute Gasteiger partial charge is 0.251 e. The highest BCUT2D eigenvalue weighted by molar-refractivity contribution is 7.92. The average molecular weight is 467 g/mol. The van der Waals surface area contributed by atoms with Crippen LogP contribution in [0.1, 0.15) is 34.8 Å². The van der Waals surface area contributed by atoms with Gasteiger partial charge in [-0.3, -0.25) is 9.10 Å². The average Bonchev–Trinajstić information content (AvgIpc) is 2.81. The lowest BCUT2D eigenvalue weighted by atomic mass is 10.1. The van der Waals surface area contributed by atoms with Crippen molar-refractivity contribution in [3.63, 3.8) is 0 Å². The zero-order valence-corrected chi connectivity index (χ0v) is 19.8. The summed E-state index contributed by atoms with van der Waals surface area (Å²) in [5.41, 5.74) is 3.08. The maximum Gasteiger partial charge on any atom is 0.251 e. The topological polar surface area (TPSA) is 75.7 Å². The van der Waals surface area contributed by atoms with E-state index in [-0.39, 0.29) is 12.5 Å². The molecule has 3 aromatic rings. The molecule has 0 aromatic heterocycles. The van der Waals surface area contributed by atoms with Gasteiger partial charge >= 0.3 is 0 Å². The number of hydrogen-bond acceptors (Lipinski definition) is 4. The van der Waals surface area contributed by atoms with Gasteiger partial charge in [0, 0.05) is 12.1 Å². The van der Waals surface area contributed by atoms with Crippen LogP contribution in [0, 0.1) is 0 Å². The molecule has 0 radical (unpaired) electrons. The first-order chi connectivity index (χ1) is 15.9. The summed E-state index contributed by atoms with van der Waals surface area (Å²) in [7, 11) is -3.44.